The fourth-order valence-electron chi connectivity index (χ4n) is 1.01. The number of ether oxygens (including phenoxy) is 1. The first-order chi connectivity index (χ1) is 7.26. The third-order valence-electron chi connectivity index (χ3n) is 1.78. The van der Waals surface area contributed by atoms with Crippen LogP contribution in [-0.2, 0) is 0 Å². The Morgan fingerprint density at radius 3 is 2.56 bits per heavy atom. The van der Waals surface area contributed by atoms with Crippen LogP contribution in [0.5, 0.6) is 5.75 Å². The van der Waals surface area contributed by atoms with Gasteiger partial charge in [-0.1, -0.05) is 0 Å². The van der Waals surface area contributed by atoms with Gasteiger partial charge in [-0.25, -0.2) is 4.39 Å². The maximum atomic E-state index is 12.9. The molecule has 2 N–H and O–H groups in total. The van der Waals surface area contributed by atoms with Gasteiger partial charge in [-0.15, -0.1) is 24.2 Å². The van der Waals surface area contributed by atoms with E-state index in [1.807, 2.05) is 30.5 Å². The van der Waals surface area contributed by atoms with E-state index in [0.717, 1.165) is 4.90 Å². The van der Waals surface area contributed by atoms with Crippen LogP contribution < -0.4 is 10.5 Å². The number of hydrogen-bond donors (Lipinski definition) is 1. The zero-order valence-electron chi connectivity index (χ0n) is 8.98. The summed E-state index contributed by atoms with van der Waals surface area (Å²) in [5, 5.41) is 0. The first kappa shape index (κ1) is 15.3. The van der Waals surface area contributed by atoms with Crippen molar-refractivity contribution in [2.45, 2.75) is 4.90 Å². The minimum atomic E-state index is -0.341. The smallest absolute Gasteiger partial charge is 0.139 e. The molecule has 0 saturated heterocycles. The molecular formula is C11H15ClFNOS. The highest BCUT2D eigenvalue weighted by atomic mass is 35.5. The van der Waals surface area contributed by atoms with Gasteiger partial charge >= 0.3 is 0 Å². The molecule has 0 aliphatic rings. The van der Waals surface area contributed by atoms with Crippen LogP contribution in [0.25, 0.3) is 0 Å². The fraction of sp³-hybridized carbons (Fsp3) is 0.273. The Morgan fingerprint density at radius 2 is 2.06 bits per heavy atom. The molecule has 0 spiro atoms. The largest absolute Gasteiger partial charge is 0.487 e. The zero-order chi connectivity index (χ0) is 11.1. The Labute approximate surface area is 105 Å². The minimum absolute atomic E-state index is 0. The van der Waals surface area contributed by atoms with E-state index >= 15 is 0 Å². The topological polar surface area (TPSA) is 35.2 Å². The summed E-state index contributed by atoms with van der Waals surface area (Å²) in [5.74, 6) is 0.319. The predicted molar refractivity (Wildman–Crippen MR) is 69.2 cm³/mol. The molecular weight excluding hydrogens is 249 g/mol. The average molecular weight is 264 g/mol. The maximum Gasteiger partial charge on any atom is 0.139 e. The molecule has 0 unspecified atom stereocenters. The molecule has 0 amide bonds. The van der Waals surface area contributed by atoms with Crippen LogP contribution in [0.4, 0.5) is 4.39 Å². The van der Waals surface area contributed by atoms with Gasteiger partial charge in [-0.3, -0.25) is 0 Å². The van der Waals surface area contributed by atoms with E-state index < -0.39 is 0 Å². The first-order valence-corrected chi connectivity index (χ1v) is 5.80. The summed E-state index contributed by atoms with van der Waals surface area (Å²) >= 11 is 1.65. The molecule has 0 radical (unpaired) electrons. The van der Waals surface area contributed by atoms with Gasteiger partial charge in [0.05, 0.1) is 0 Å². The van der Waals surface area contributed by atoms with Gasteiger partial charge in [-0.05, 0) is 36.6 Å². The Balaban J connectivity index is 0.00000225. The molecule has 0 aliphatic heterocycles. The Bertz CT molecular complexity index is 329. The summed E-state index contributed by atoms with van der Waals surface area (Å²) in [5.41, 5.74) is 5.16. The van der Waals surface area contributed by atoms with Crippen LogP contribution in [0, 0.1) is 0 Å². The molecule has 90 valence electrons. The van der Waals surface area contributed by atoms with Crippen molar-refractivity contribution >= 4 is 24.2 Å². The number of benzene rings is 1. The highest BCUT2D eigenvalue weighted by molar-refractivity contribution is 7.98. The van der Waals surface area contributed by atoms with Gasteiger partial charge in [0.25, 0.3) is 0 Å². The quantitative estimate of drug-likeness (QED) is 0.830. The van der Waals surface area contributed by atoms with Crippen molar-refractivity contribution in [3.05, 3.63) is 36.2 Å². The second kappa shape index (κ2) is 8.44. The maximum absolute atomic E-state index is 12.9. The van der Waals surface area contributed by atoms with Gasteiger partial charge in [0.2, 0.25) is 0 Å². The predicted octanol–water partition coefficient (Wildman–Crippen LogP) is 3.02. The van der Waals surface area contributed by atoms with Crippen molar-refractivity contribution in [3.63, 3.8) is 0 Å². The molecule has 1 aromatic rings. The van der Waals surface area contributed by atoms with E-state index in [0.29, 0.717) is 5.75 Å². The van der Waals surface area contributed by atoms with E-state index in [4.69, 9.17) is 10.5 Å². The van der Waals surface area contributed by atoms with E-state index in [1.54, 1.807) is 11.8 Å². The average Bonchev–Trinajstić information content (AvgIpc) is 2.27. The lowest BCUT2D eigenvalue weighted by Gasteiger charge is -2.04. The highest BCUT2D eigenvalue weighted by Crippen LogP contribution is 2.19. The monoisotopic (exact) mass is 263 g/mol. The second-order valence-corrected chi connectivity index (χ2v) is 3.73. The lowest BCUT2D eigenvalue weighted by Crippen LogP contribution is -2.01. The molecule has 1 rings (SSSR count). The molecule has 16 heavy (non-hydrogen) atoms. The van der Waals surface area contributed by atoms with Gasteiger partial charge in [0.1, 0.15) is 18.2 Å². The van der Waals surface area contributed by atoms with Gasteiger partial charge in [0.15, 0.2) is 0 Å². The third kappa shape index (κ3) is 5.39. The lowest BCUT2D eigenvalue weighted by molar-refractivity contribution is 0.318. The van der Waals surface area contributed by atoms with Crippen LogP contribution in [0.2, 0.25) is 0 Å². The molecule has 0 atom stereocenters. The Kier molecular flexibility index (Phi) is 8.07. The molecule has 0 aliphatic carbocycles. The SMILES string of the molecule is CSc1ccc(OC/C(F)=C\CN)cc1.Cl. The van der Waals surface area contributed by atoms with Crippen molar-refractivity contribution in [1.82, 2.24) is 0 Å². The van der Waals surface area contributed by atoms with Crippen LogP contribution in [0.1, 0.15) is 0 Å². The molecule has 0 aromatic heterocycles. The van der Waals surface area contributed by atoms with E-state index in [9.17, 15) is 4.39 Å². The van der Waals surface area contributed by atoms with E-state index in [2.05, 4.69) is 0 Å². The van der Waals surface area contributed by atoms with Crippen molar-refractivity contribution in [3.8, 4) is 5.75 Å². The third-order valence-corrected chi connectivity index (χ3v) is 2.52. The summed E-state index contributed by atoms with van der Waals surface area (Å²) in [6.07, 6.45) is 3.30. The first-order valence-electron chi connectivity index (χ1n) is 4.57. The molecule has 0 fully saturated rings. The number of hydrogen-bond acceptors (Lipinski definition) is 3. The van der Waals surface area contributed by atoms with Crippen LogP contribution in [-0.4, -0.2) is 19.4 Å². The fourth-order valence-corrected chi connectivity index (χ4v) is 1.42. The molecule has 0 bridgehead atoms. The van der Waals surface area contributed by atoms with Crippen LogP contribution in [0.15, 0.2) is 41.1 Å². The number of nitrogens with two attached hydrogens (primary N) is 1. The summed E-state index contributed by atoms with van der Waals surface area (Å²) in [7, 11) is 0. The standard InChI is InChI=1S/C11H14FNOS.ClH/c1-15-11-4-2-10(3-5-11)14-8-9(12)6-7-13;/h2-6H,7-8,13H2,1H3;1H/b9-6+;. The summed E-state index contributed by atoms with van der Waals surface area (Å²) < 4.78 is 18.1. The molecule has 5 heteroatoms. The van der Waals surface area contributed by atoms with Crippen molar-refractivity contribution in [1.29, 1.82) is 0 Å². The summed E-state index contributed by atoms with van der Waals surface area (Å²) in [6.45, 7) is 0.135. The summed E-state index contributed by atoms with van der Waals surface area (Å²) in [6, 6.07) is 7.51. The summed E-state index contributed by atoms with van der Waals surface area (Å²) in [4.78, 5) is 1.15. The van der Waals surface area contributed by atoms with Crippen molar-refractivity contribution < 1.29 is 9.13 Å². The van der Waals surface area contributed by atoms with Gasteiger partial charge < -0.3 is 10.5 Å². The molecule has 0 heterocycles. The lowest BCUT2D eigenvalue weighted by atomic mass is 10.3. The normalized spacial score (nSPS) is 10.8. The number of thioether (sulfide) groups is 1. The number of halogens is 2. The van der Waals surface area contributed by atoms with Crippen molar-refractivity contribution in [2.24, 2.45) is 5.73 Å². The Morgan fingerprint density at radius 1 is 1.44 bits per heavy atom. The molecule has 0 saturated carbocycles. The zero-order valence-corrected chi connectivity index (χ0v) is 10.6. The van der Waals surface area contributed by atoms with Crippen LogP contribution >= 0.6 is 24.2 Å². The van der Waals surface area contributed by atoms with E-state index in [1.165, 1.54) is 6.08 Å². The van der Waals surface area contributed by atoms with Gasteiger partial charge in [0, 0.05) is 11.4 Å². The number of rotatable bonds is 5. The highest BCUT2D eigenvalue weighted by Gasteiger charge is 1.97. The van der Waals surface area contributed by atoms with Crippen LogP contribution in [0.3, 0.4) is 0 Å². The molecule has 2 nitrogen and oxygen atoms in total. The Hall–Kier alpha value is -0.710. The molecule has 1 aromatic carbocycles. The van der Waals surface area contributed by atoms with Gasteiger partial charge in [-0.2, -0.15) is 0 Å². The minimum Gasteiger partial charge on any atom is -0.487 e. The van der Waals surface area contributed by atoms with E-state index in [-0.39, 0.29) is 31.4 Å². The second-order valence-electron chi connectivity index (χ2n) is 2.85. The van der Waals surface area contributed by atoms with Crippen molar-refractivity contribution in [2.75, 3.05) is 19.4 Å².